The first kappa shape index (κ1) is 18.4. The third kappa shape index (κ3) is 7.41. The van der Waals surface area contributed by atoms with Crippen LogP contribution in [0.5, 0.6) is 0 Å². The highest BCUT2D eigenvalue weighted by Crippen LogP contribution is 2.15. The molecule has 5 nitrogen and oxygen atoms in total. The van der Waals surface area contributed by atoms with Gasteiger partial charge in [0.1, 0.15) is 0 Å². The Bertz CT molecular complexity index is 473. The van der Waals surface area contributed by atoms with Crippen LogP contribution >= 0.6 is 0 Å². The second-order valence-electron chi connectivity index (χ2n) is 6.59. The second kappa shape index (κ2) is 8.73. The molecule has 0 aliphatic rings. The zero-order valence-electron chi connectivity index (χ0n) is 14.1. The molecule has 22 heavy (non-hydrogen) atoms. The van der Waals surface area contributed by atoms with E-state index in [4.69, 9.17) is 0 Å². The highest BCUT2D eigenvalue weighted by atomic mass is 16.3. The van der Waals surface area contributed by atoms with Crippen molar-refractivity contribution in [2.45, 2.75) is 52.6 Å². The molecular formula is C17H29N3O2. The topological polar surface area (TPSA) is 74.2 Å². The lowest BCUT2D eigenvalue weighted by Crippen LogP contribution is -2.45. The smallest absolute Gasteiger partial charge is 0.314 e. The summed E-state index contributed by atoms with van der Waals surface area (Å²) in [6.07, 6.45) is 5.97. The highest BCUT2D eigenvalue weighted by Gasteiger charge is 2.21. The molecule has 124 valence electrons. The first-order valence-corrected chi connectivity index (χ1v) is 7.94. The number of carbonyl (C=O) groups is 1. The van der Waals surface area contributed by atoms with Crippen molar-refractivity contribution < 1.29 is 9.90 Å². The quantitative estimate of drug-likeness (QED) is 0.690. The number of nitrogens with one attached hydrogen (secondary N) is 2. The summed E-state index contributed by atoms with van der Waals surface area (Å²) in [6.45, 7) is 8.84. The number of hydrogen-bond donors (Lipinski definition) is 3. The lowest BCUT2D eigenvalue weighted by atomic mass is 9.95. The van der Waals surface area contributed by atoms with Gasteiger partial charge in [0.05, 0.1) is 5.60 Å². The van der Waals surface area contributed by atoms with Crippen molar-refractivity contribution in [3.05, 3.63) is 29.6 Å². The third-order valence-electron chi connectivity index (χ3n) is 3.71. The molecule has 0 aliphatic heterocycles. The van der Waals surface area contributed by atoms with Crippen molar-refractivity contribution >= 4 is 6.03 Å². The number of hydrogen-bond acceptors (Lipinski definition) is 3. The molecule has 1 atom stereocenters. The molecule has 1 rings (SSSR count). The Kier molecular flexibility index (Phi) is 7.32. The Morgan fingerprint density at radius 1 is 1.41 bits per heavy atom. The minimum Gasteiger partial charge on any atom is -0.388 e. The van der Waals surface area contributed by atoms with E-state index in [1.165, 1.54) is 5.56 Å². The molecule has 2 amide bonds. The average molecular weight is 307 g/mol. The van der Waals surface area contributed by atoms with Crippen molar-refractivity contribution in [1.82, 2.24) is 15.6 Å². The van der Waals surface area contributed by atoms with Gasteiger partial charge in [-0.15, -0.1) is 0 Å². The van der Waals surface area contributed by atoms with E-state index in [0.717, 1.165) is 18.4 Å². The van der Waals surface area contributed by atoms with Crippen LogP contribution in [0.4, 0.5) is 4.79 Å². The predicted octanol–water partition coefficient (Wildman–Crippen LogP) is 2.42. The van der Waals surface area contributed by atoms with Crippen molar-refractivity contribution in [3.8, 4) is 0 Å². The van der Waals surface area contributed by atoms with Gasteiger partial charge in [-0.2, -0.15) is 0 Å². The van der Waals surface area contributed by atoms with Crippen LogP contribution in [-0.4, -0.2) is 34.8 Å². The molecule has 1 unspecified atom stereocenters. The number of urea groups is 1. The van der Waals surface area contributed by atoms with Gasteiger partial charge >= 0.3 is 6.03 Å². The molecule has 1 heterocycles. The molecule has 3 N–H and O–H groups in total. The van der Waals surface area contributed by atoms with E-state index in [-0.39, 0.29) is 12.6 Å². The molecule has 0 aromatic carbocycles. The Balaban J connectivity index is 2.25. The summed E-state index contributed by atoms with van der Waals surface area (Å²) in [7, 11) is 0. The number of aliphatic hydroxyl groups is 1. The molecule has 0 fully saturated rings. The third-order valence-corrected chi connectivity index (χ3v) is 3.71. The Morgan fingerprint density at radius 2 is 2.14 bits per heavy atom. The first-order valence-electron chi connectivity index (χ1n) is 7.94. The van der Waals surface area contributed by atoms with E-state index >= 15 is 0 Å². The minimum absolute atomic E-state index is 0.239. The standard InChI is InChI=1S/C17H29N3O2/c1-13(2)5-8-17(4,22)12-20-16(21)19-10-7-15-6-9-18-11-14(15)3/h6,9,11,13,22H,5,7-8,10,12H2,1-4H3,(H2,19,20,21). The minimum atomic E-state index is -0.858. The number of nitrogens with zero attached hydrogens (tertiary/aromatic N) is 1. The molecule has 1 aromatic rings. The zero-order valence-corrected chi connectivity index (χ0v) is 14.1. The van der Waals surface area contributed by atoms with Crippen LogP contribution in [-0.2, 0) is 6.42 Å². The molecule has 0 radical (unpaired) electrons. The monoisotopic (exact) mass is 307 g/mol. The van der Waals surface area contributed by atoms with Crippen molar-refractivity contribution in [3.63, 3.8) is 0 Å². The van der Waals surface area contributed by atoms with Gasteiger partial charge in [0.25, 0.3) is 0 Å². The van der Waals surface area contributed by atoms with Gasteiger partial charge in [-0.1, -0.05) is 13.8 Å². The maximum Gasteiger partial charge on any atom is 0.314 e. The van der Waals surface area contributed by atoms with Gasteiger partial charge in [0.15, 0.2) is 0 Å². The number of amides is 2. The van der Waals surface area contributed by atoms with Gasteiger partial charge < -0.3 is 15.7 Å². The number of aromatic nitrogens is 1. The summed E-state index contributed by atoms with van der Waals surface area (Å²) in [4.78, 5) is 15.8. The van der Waals surface area contributed by atoms with E-state index in [0.29, 0.717) is 18.9 Å². The Morgan fingerprint density at radius 3 is 2.77 bits per heavy atom. The lowest BCUT2D eigenvalue weighted by Gasteiger charge is -2.24. The second-order valence-corrected chi connectivity index (χ2v) is 6.59. The molecular weight excluding hydrogens is 278 g/mol. The van der Waals surface area contributed by atoms with Crippen LogP contribution in [0.3, 0.4) is 0 Å². The molecule has 0 bridgehead atoms. The van der Waals surface area contributed by atoms with Crippen LogP contribution < -0.4 is 10.6 Å². The van der Waals surface area contributed by atoms with Crippen LogP contribution in [0.15, 0.2) is 18.5 Å². The SMILES string of the molecule is Cc1cnccc1CCNC(=O)NCC(C)(O)CCC(C)C. The summed E-state index contributed by atoms with van der Waals surface area (Å²) in [5, 5.41) is 15.8. The van der Waals surface area contributed by atoms with E-state index in [9.17, 15) is 9.90 Å². The number of aryl methyl sites for hydroxylation is 1. The lowest BCUT2D eigenvalue weighted by molar-refractivity contribution is 0.0477. The summed E-state index contributed by atoms with van der Waals surface area (Å²) in [5.74, 6) is 0.545. The van der Waals surface area contributed by atoms with E-state index in [1.54, 1.807) is 13.1 Å². The average Bonchev–Trinajstić information content (AvgIpc) is 2.45. The van der Waals surface area contributed by atoms with Gasteiger partial charge in [0, 0.05) is 25.5 Å². The summed E-state index contributed by atoms with van der Waals surface area (Å²) < 4.78 is 0. The van der Waals surface area contributed by atoms with Gasteiger partial charge in [-0.05, 0) is 56.2 Å². The van der Waals surface area contributed by atoms with Crippen LogP contribution in [0.25, 0.3) is 0 Å². The molecule has 1 aromatic heterocycles. The molecule has 0 saturated heterocycles. The molecule has 5 heteroatoms. The van der Waals surface area contributed by atoms with Gasteiger partial charge in [-0.25, -0.2) is 4.79 Å². The van der Waals surface area contributed by atoms with Crippen LogP contribution in [0.1, 0.15) is 44.7 Å². The van der Waals surface area contributed by atoms with E-state index < -0.39 is 5.60 Å². The van der Waals surface area contributed by atoms with Gasteiger partial charge in [0.2, 0.25) is 0 Å². The largest absolute Gasteiger partial charge is 0.388 e. The maximum atomic E-state index is 11.8. The molecule has 0 saturated carbocycles. The zero-order chi connectivity index (χ0) is 16.6. The van der Waals surface area contributed by atoms with Crippen molar-refractivity contribution in [2.75, 3.05) is 13.1 Å². The fourth-order valence-corrected chi connectivity index (χ4v) is 2.11. The van der Waals surface area contributed by atoms with Gasteiger partial charge in [-0.3, -0.25) is 4.98 Å². The normalized spacial score (nSPS) is 13.7. The fourth-order valence-electron chi connectivity index (χ4n) is 2.11. The van der Waals surface area contributed by atoms with E-state index in [1.807, 2.05) is 19.2 Å². The highest BCUT2D eigenvalue weighted by molar-refractivity contribution is 5.73. The maximum absolute atomic E-state index is 11.8. The first-order chi connectivity index (χ1) is 10.3. The van der Waals surface area contributed by atoms with Crippen molar-refractivity contribution in [1.29, 1.82) is 0 Å². The van der Waals surface area contributed by atoms with Crippen LogP contribution in [0, 0.1) is 12.8 Å². The molecule has 0 aliphatic carbocycles. The number of pyridine rings is 1. The summed E-state index contributed by atoms with van der Waals surface area (Å²) in [6, 6.07) is 1.72. The Hall–Kier alpha value is -1.62. The fraction of sp³-hybridized carbons (Fsp3) is 0.647. The predicted molar refractivity (Wildman–Crippen MR) is 88.8 cm³/mol. The number of carbonyl (C=O) groups excluding carboxylic acids is 1. The summed E-state index contributed by atoms with van der Waals surface area (Å²) in [5.41, 5.74) is 1.45. The summed E-state index contributed by atoms with van der Waals surface area (Å²) >= 11 is 0. The number of rotatable bonds is 8. The van der Waals surface area contributed by atoms with Crippen LogP contribution in [0.2, 0.25) is 0 Å². The Labute approximate surface area is 133 Å². The molecule has 0 spiro atoms. The van der Waals surface area contributed by atoms with E-state index in [2.05, 4.69) is 29.5 Å². The van der Waals surface area contributed by atoms with Crippen molar-refractivity contribution in [2.24, 2.45) is 5.92 Å².